The Kier molecular flexibility index (Phi) is 7.38. The predicted molar refractivity (Wildman–Crippen MR) is 115 cm³/mol. The first-order valence-corrected chi connectivity index (χ1v) is 11.1. The molecule has 5 nitrogen and oxygen atoms in total. The van der Waals surface area contributed by atoms with E-state index in [9.17, 15) is 22.8 Å². The van der Waals surface area contributed by atoms with E-state index in [4.69, 9.17) is 4.74 Å². The van der Waals surface area contributed by atoms with Crippen molar-refractivity contribution in [1.82, 2.24) is 0 Å². The minimum atomic E-state index is -4.70. The van der Waals surface area contributed by atoms with Crippen molar-refractivity contribution in [1.29, 1.82) is 0 Å². The Balaban J connectivity index is 1.81. The largest absolute Gasteiger partial charge is 0.418 e. The molecular formula is C22H25F3N2O3S. The first-order chi connectivity index (χ1) is 14.7. The van der Waals surface area contributed by atoms with E-state index in [2.05, 4.69) is 10.6 Å². The summed E-state index contributed by atoms with van der Waals surface area (Å²) in [6.07, 6.45) is -1.58. The minimum Gasteiger partial charge on any atom is -0.368 e. The van der Waals surface area contributed by atoms with Crippen molar-refractivity contribution in [2.75, 3.05) is 17.2 Å². The summed E-state index contributed by atoms with van der Waals surface area (Å²) in [6, 6.07) is 5.07. The molecule has 1 aromatic heterocycles. The Labute approximate surface area is 183 Å². The topological polar surface area (TPSA) is 67.4 Å². The van der Waals surface area contributed by atoms with Gasteiger partial charge in [-0.1, -0.05) is 20.3 Å². The summed E-state index contributed by atoms with van der Waals surface area (Å²) in [5.74, 6) is -1.06. The van der Waals surface area contributed by atoms with Crippen LogP contribution in [0.1, 0.15) is 58.8 Å². The number of carbonyl (C=O) groups is 2. The number of thiophene rings is 1. The average Bonchev–Trinajstić information content (AvgIpc) is 3.38. The van der Waals surface area contributed by atoms with Crippen LogP contribution in [0, 0.1) is 0 Å². The maximum Gasteiger partial charge on any atom is 0.418 e. The van der Waals surface area contributed by atoms with Crippen molar-refractivity contribution in [3.05, 3.63) is 45.1 Å². The number of ether oxygens (including phenoxy) is 1. The molecule has 3 rings (SSSR count). The maximum absolute atomic E-state index is 13.7. The van der Waals surface area contributed by atoms with Crippen LogP contribution in [0.5, 0.6) is 0 Å². The Morgan fingerprint density at radius 1 is 1.19 bits per heavy atom. The molecule has 1 fully saturated rings. The number of amides is 2. The number of aryl methyl sites for hydroxylation is 2. The van der Waals surface area contributed by atoms with Gasteiger partial charge in [-0.05, 0) is 55.5 Å². The lowest BCUT2D eigenvalue weighted by Gasteiger charge is -2.16. The second kappa shape index (κ2) is 9.82. The van der Waals surface area contributed by atoms with Gasteiger partial charge in [0.1, 0.15) is 6.10 Å². The number of halogens is 3. The van der Waals surface area contributed by atoms with E-state index in [1.54, 1.807) is 6.07 Å². The van der Waals surface area contributed by atoms with Crippen molar-refractivity contribution >= 4 is 34.5 Å². The van der Waals surface area contributed by atoms with Gasteiger partial charge < -0.3 is 15.4 Å². The van der Waals surface area contributed by atoms with Crippen LogP contribution in [-0.2, 0) is 28.5 Å². The van der Waals surface area contributed by atoms with E-state index in [-0.39, 0.29) is 11.4 Å². The molecule has 0 bridgehead atoms. The fourth-order valence-electron chi connectivity index (χ4n) is 3.47. The van der Waals surface area contributed by atoms with Gasteiger partial charge >= 0.3 is 6.18 Å². The summed E-state index contributed by atoms with van der Waals surface area (Å²) in [5, 5.41) is 4.86. The number of nitrogens with one attached hydrogen (secondary N) is 2. The Morgan fingerprint density at radius 2 is 1.97 bits per heavy atom. The average molecular weight is 455 g/mol. The highest BCUT2D eigenvalue weighted by atomic mass is 32.1. The Morgan fingerprint density at radius 3 is 2.58 bits per heavy atom. The van der Waals surface area contributed by atoms with Crippen LogP contribution in [0.15, 0.2) is 24.3 Å². The molecule has 168 valence electrons. The molecule has 2 aromatic rings. The summed E-state index contributed by atoms with van der Waals surface area (Å²) in [7, 11) is 0. The monoisotopic (exact) mass is 454 g/mol. The zero-order valence-electron chi connectivity index (χ0n) is 17.4. The van der Waals surface area contributed by atoms with E-state index in [0.717, 1.165) is 48.3 Å². The van der Waals surface area contributed by atoms with Crippen LogP contribution >= 0.6 is 11.3 Å². The van der Waals surface area contributed by atoms with Crippen LogP contribution in [0.25, 0.3) is 0 Å². The molecule has 1 saturated heterocycles. The van der Waals surface area contributed by atoms with Crippen LogP contribution in [-0.4, -0.2) is 24.5 Å². The van der Waals surface area contributed by atoms with Gasteiger partial charge in [0.2, 0.25) is 0 Å². The van der Waals surface area contributed by atoms with E-state index in [1.165, 1.54) is 17.4 Å². The first-order valence-electron chi connectivity index (χ1n) is 10.3. The molecule has 2 heterocycles. The Bertz CT molecular complexity index is 950. The normalized spacial score (nSPS) is 16.4. The molecule has 1 aliphatic heterocycles. The number of alkyl halides is 3. The van der Waals surface area contributed by atoms with Crippen LogP contribution in [0.3, 0.4) is 0 Å². The summed E-state index contributed by atoms with van der Waals surface area (Å²) < 4.78 is 46.2. The highest BCUT2D eigenvalue weighted by molar-refractivity contribution is 7.14. The SMILES string of the molecule is CCCc1sc(C(=O)Nc2ccc(NC(=O)C3CCCO3)cc2C(F)(F)F)cc1CC. The second-order valence-electron chi connectivity index (χ2n) is 7.37. The maximum atomic E-state index is 13.7. The summed E-state index contributed by atoms with van der Waals surface area (Å²) in [4.78, 5) is 26.3. The van der Waals surface area contributed by atoms with Crippen molar-refractivity contribution in [2.24, 2.45) is 0 Å². The molecule has 2 amide bonds. The molecule has 31 heavy (non-hydrogen) atoms. The molecule has 0 spiro atoms. The fourth-order valence-corrected chi connectivity index (χ4v) is 4.72. The molecule has 0 saturated carbocycles. The van der Waals surface area contributed by atoms with Gasteiger partial charge in [-0.2, -0.15) is 13.2 Å². The number of anilines is 2. The predicted octanol–water partition coefficient (Wildman–Crippen LogP) is 5.65. The van der Waals surface area contributed by atoms with Gasteiger partial charge in [0.25, 0.3) is 11.8 Å². The highest BCUT2D eigenvalue weighted by Crippen LogP contribution is 2.37. The van der Waals surface area contributed by atoms with Gasteiger partial charge in [-0.25, -0.2) is 0 Å². The van der Waals surface area contributed by atoms with Crippen molar-refractivity contribution in [3.8, 4) is 0 Å². The summed E-state index contributed by atoms with van der Waals surface area (Å²) in [6.45, 7) is 4.47. The number of rotatable bonds is 7. The standard InChI is InChI=1S/C22H25F3N2O3S/c1-3-6-18-13(4-2)11-19(31-18)21(29)27-16-9-8-14(12-15(16)22(23,24)25)26-20(28)17-7-5-10-30-17/h8-9,11-12,17H,3-7,10H2,1-2H3,(H,26,28)(H,27,29). The third kappa shape index (κ3) is 5.65. The van der Waals surface area contributed by atoms with E-state index in [1.807, 2.05) is 13.8 Å². The lowest BCUT2D eigenvalue weighted by atomic mass is 10.1. The van der Waals surface area contributed by atoms with Crippen molar-refractivity contribution in [2.45, 2.75) is 58.2 Å². The molecule has 1 atom stereocenters. The third-order valence-corrected chi connectivity index (χ3v) is 6.28. The highest BCUT2D eigenvalue weighted by Gasteiger charge is 2.35. The zero-order chi connectivity index (χ0) is 22.6. The molecule has 1 aliphatic rings. The Hall–Kier alpha value is -2.39. The molecule has 1 aromatic carbocycles. The van der Waals surface area contributed by atoms with Gasteiger partial charge in [0.05, 0.1) is 16.1 Å². The van der Waals surface area contributed by atoms with Gasteiger partial charge in [-0.3, -0.25) is 9.59 Å². The van der Waals surface area contributed by atoms with E-state index >= 15 is 0 Å². The molecule has 9 heteroatoms. The minimum absolute atomic E-state index is 0.000416. The third-order valence-electron chi connectivity index (χ3n) is 5.04. The van der Waals surface area contributed by atoms with Gasteiger partial charge in [0, 0.05) is 17.2 Å². The lowest BCUT2D eigenvalue weighted by molar-refractivity contribution is -0.137. The van der Waals surface area contributed by atoms with E-state index < -0.39 is 29.7 Å². The quantitative estimate of drug-likeness (QED) is 0.568. The molecular weight excluding hydrogens is 429 g/mol. The van der Waals surface area contributed by atoms with Gasteiger partial charge in [0.15, 0.2) is 0 Å². The van der Waals surface area contributed by atoms with Crippen molar-refractivity contribution < 1.29 is 27.5 Å². The summed E-state index contributed by atoms with van der Waals surface area (Å²) in [5.41, 5.74) is -0.330. The molecule has 2 N–H and O–H groups in total. The van der Waals surface area contributed by atoms with Crippen molar-refractivity contribution in [3.63, 3.8) is 0 Å². The fraction of sp³-hybridized carbons (Fsp3) is 0.455. The second-order valence-corrected chi connectivity index (χ2v) is 8.50. The van der Waals surface area contributed by atoms with Gasteiger partial charge in [-0.15, -0.1) is 11.3 Å². The van der Waals surface area contributed by atoms with Crippen LogP contribution in [0.4, 0.5) is 24.5 Å². The lowest BCUT2D eigenvalue weighted by Crippen LogP contribution is -2.27. The number of carbonyl (C=O) groups excluding carboxylic acids is 2. The number of benzene rings is 1. The zero-order valence-corrected chi connectivity index (χ0v) is 18.2. The van der Waals surface area contributed by atoms with E-state index in [0.29, 0.717) is 17.9 Å². The molecule has 0 aliphatic carbocycles. The molecule has 0 radical (unpaired) electrons. The number of hydrogen-bond acceptors (Lipinski definition) is 4. The molecule has 1 unspecified atom stereocenters. The van der Waals surface area contributed by atoms with Crippen LogP contribution < -0.4 is 10.6 Å². The van der Waals surface area contributed by atoms with Crippen LogP contribution in [0.2, 0.25) is 0 Å². The smallest absolute Gasteiger partial charge is 0.368 e. The number of hydrogen-bond donors (Lipinski definition) is 2. The first kappa shape index (κ1) is 23.3. The summed E-state index contributed by atoms with van der Waals surface area (Å²) >= 11 is 1.31.